The fourth-order valence-electron chi connectivity index (χ4n) is 3.37. The van der Waals surface area contributed by atoms with E-state index < -0.39 is 0 Å². The van der Waals surface area contributed by atoms with E-state index in [1.54, 1.807) is 27.7 Å². The Labute approximate surface area is 167 Å². The molecule has 0 saturated carbocycles. The maximum Gasteiger partial charge on any atom is 0.262 e. The summed E-state index contributed by atoms with van der Waals surface area (Å²) in [5.74, 6) is -0.0147. The van der Waals surface area contributed by atoms with Gasteiger partial charge in [-0.15, -0.1) is 22.7 Å². The molecule has 0 unspecified atom stereocenters. The first-order valence-corrected chi connectivity index (χ1v) is 10.6. The number of aryl methyl sites for hydroxylation is 2. The van der Waals surface area contributed by atoms with E-state index in [2.05, 4.69) is 54.9 Å². The summed E-state index contributed by atoms with van der Waals surface area (Å²) in [5.41, 5.74) is 4.32. The maximum atomic E-state index is 13.0. The van der Waals surface area contributed by atoms with Crippen molar-refractivity contribution in [3.8, 4) is 0 Å². The highest BCUT2D eigenvalue weighted by atomic mass is 32.1. The summed E-state index contributed by atoms with van der Waals surface area (Å²) >= 11 is 3.34. The molecule has 1 amide bonds. The first-order chi connectivity index (χ1) is 13.1. The number of hydrazone groups is 1. The fourth-order valence-corrected chi connectivity index (χ4v) is 4.90. The molecule has 0 aliphatic carbocycles. The zero-order valence-corrected chi connectivity index (χ0v) is 16.9. The highest BCUT2D eigenvalue weighted by molar-refractivity contribution is 7.12. The number of amides is 1. The molecule has 27 heavy (non-hydrogen) atoms. The highest BCUT2D eigenvalue weighted by Crippen LogP contribution is 2.35. The van der Waals surface area contributed by atoms with Crippen LogP contribution >= 0.6 is 22.7 Å². The molecule has 1 aliphatic heterocycles. The van der Waals surface area contributed by atoms with Crippen molar-refractivity contribution in [2.75, 3.05) is 11.9 Å². The predicted octanol–water partition coefficient (Wildman–Crippen LogP) is 5.22. The summed E-state index contributed by atoms with van der Waals surface area (Å²) in [7, 11) is 0. The molecule has 3 heterocycles. The number of hydrogen-bond acceptors (Lipinski definition) is 5. The lowest BCUT2D eigenvalue weighted by Gasteiger charge is -2.21. The Kier molecular flexibility index (Phi) is 5.09. The molecule has 0 radical (unpaired) electrons. The van der Waals surface area contributed by atoms with Crippen LogP contribution in [0.25, 0.3) is 0 Å². The number of carbonyl (C=O) groups excluding carboxylic acids is 1. The van der Waals surface area contributed by atoms with E-state index in [0.29, 0.717) is 0 Å². The fraction of sp³-hybridized carbons (Fsp3) is 0.238. The average Bonchev–Trinajstić information content (AvgIpc) is 3.39. The second kappa shape index (κ2) is 7.66. The van der Waals surface area contributed by atoms with Gasteiger partial charge in [0, 0.05) is 17.0 Å². The van der Waals surface area contributed by atoms with Gasteiger partial charge in [0.25, 0.3) is 5.91 Å². The minimum absolute atomic E-state index is 0.0147. The molecule has 0 saturated heterocycles. The molecule has 4 nitrogen and oxygen atoms in total. The molecule has 138 valence electrons. The first-order valence-electron chi connectivity index (χ1n) is 8.89. The van der Waals surface area contributed by atoms with Gasteiger partial charge in [0.05, 0.1) is 23.2 Å². The lowest BCUT2D eigenvalue weighted by molar-refractivity contribution is -0.131. The normalized spacial score (nSPS) is 16.4. The maximum absolute atomic E-state index is 13.0. The Bertz CT molecular complexity index is 941. The molecule has 3 aromatic rings. The molecular weight excluding hydrogens is 374 g/mol. The zero-order valence-electron chi connectivity index (χ0n) is 15.3. The van der Waals surface area contributed by atoms with E-state index >= 15 is 0 Å². The number of nitrogens with zero attached hydrogens (tertiary/aromatic N) is 2. The molecule has 1 N–H and O–H groups in total. The van der Waals surface area contributed by atoms with Gasteiger partial charge in [-0.05, 0) is 60.0 Å². The minimum Gasteiger partial charge on any atom is -0.376 e. The third-order valence-electron chi connectivity index (χ3n) is 4.51. The van der Waals surface area contributed by atoms with Crippen LogP contribution in [0.15, 0.2) is 58.3 Å². The number of carbonyl (C=O) groups is 1. The van der Waals surface area contributed by atoms with Crippen LogP contribution in [0.4, 0.5) is 5.69 Å². The smallest absolute Gasteiger partial charge is 0.262 e. The van der Waals surface area contributed by atoms with Crippen LogP contribution < -0.4 is 5.32 Å². The van der Waals surface area contributed by atoms with Crippen molar-refractivity contribution >= 4 is 40.0 Å². The Hall–Kier alpha value is -2.44. The molecule has 0 bridgehead atoms. The van der Waals surface area contributed by atoms with Crippen LogP contribution in [0.2, 0.25) is 0 Å². The molecule has 1 aromatic carbocycles. The Balaban J connectivity index is 1.53. The van der Waals surface area contributed by atoms with Gasteiger partial charge < -0.3 is 5.32 Å². The summed E-state index contributed by atoms with van der Waals surface area (Å²) in [6.07, 6.45) is 0.760. The summed E-state index contributed by atoms with van der Waals surface area (Å²) in [4.78, 5) is 15.3. The van der Waals surface area contributed by atoms with Gasteiger partial charge in [-0.25, -0.2) is 5.01 Å². The van der Waals surface area contributed by atoms with Crippen LogP contribution in [0.5, 0.6) is 0 Å². The Morgan fingerprint density at radius 3 is 2.56 bits per heavy atom. The quantitative estimate of drug-likeness (QED) is 0.644. The van der Waals surface area contributed by atoms with Crippen LogP contribution in [0, 0.1) is 13.8 Å². The van der Waals surface area contributed by atoms with Crippen molar-refractivity contribution in [1.82, 2.24) is 5.01 Å². The molecule has 2 aromatic heterocycles. The van der Waals surface area contributed by atoms with Crippen LogP contribution in [-0.4, -0.2) is 23.2 Å². The van der Waals surface area contributed by atoms with Crippen LogP contribution in [-0.2, 0) is 4.79 Å². The second-order valence-corrected chi connectivity index (χ2v) is 8.65. The lowest BCUT2D eigenvalue weighted by atomic mass is 10.1. The van der Waals surface area contributed by atoms with Crippen molar-refractivity contribution < 1.29 is 4.79 Å². The number of anilines is 1. The van der Waals surface area contributed by atoms with E-state index in [0.717, 1.165) is 22.7 Å². The summed E-state index contributed by atoms with van der Waals surface area (Å²) < 4.78 is 0. The van der Waals surface area contributed by atoms with Crippen molar-refractivity contribution in [3.05, 3.63) is 74.1 Å². The minimum atomic E-state index is -0.0179. The van der Waals surface area contributed by atoms with Gasteiger partial charge in [0.1, 0.15) is 0 Å². The number of hydrogen-bond donors (Lipinski definition) is 1. The van der Waals surface area contributed by atoms with E-state index in [-0.39, 0.29) is 18.5 Å². The van der Waals surface area contributed by atoms with Gasteiger partial charge in [-0.1, -0.05) is 18.2 Å². The largest absolute Gasteiger partial charge is 0.376 e. The summed E-state index contributed by atoms with van der Waals surface area (Å²) in [5, 5.41) is 13.7. The Morgan fingerprint density at radius 2 is 1.89 bits per heavy atom. The van der Waals surface area contributed by atoms with Gasteiger partial charge in [-0.3, -0.25) is 4.79 Å². The number of thiophene rings is 2. The second-order valence-electron chi connectivity index (χ2n) is 6.73. The number of benzene rings is 1. The average molecular weight is 396 g/mol. The van der Waals surface area contributed by atoms with Crippen molar-refractivity contribution in [2.24, 2.45) is 5.10 Å². The van der Waals surface area contributed by atoms with Crippen molar-refractivity contribution in [1.29, 1.82) is 0 Å². The van der Waals surface area contributed by atoms with Gasteiger partial charge in [-0.2, -0.15) is 5.10 Å². The standard InChI is InChI=1S/C21H21N3OS2/c1-14-9-15(2)11-16(10-14)22-13-21(25)24-18(20-6-4-8-27-20)12-17(23-24)19-5-3-7-26-19/h3-11,18,22H,12-13H2,1-2H3/t18-/m1/s1. The molecule has 6 heteroatoms. The first kappa shape index (κ1) is 17.9. The third kappa shape index (κ3) is 3.96. The lowest BCUT2D eigenvalue weighted by Crippen LogP contribution is -2.32. The molecule has 0 spiro atoms. The van der Waals surface area contributed by atoms with Gasteiger partial charge in [0.15, 0.2) is 0 Å². The zero-order chi connectivity index (χ0) is 18.8. The monoisotopic (exact) mass is 395 g/mol. The number of rotatable bonds is 5. The topological polar surface area (TPSA) is 44.7 Å². The van der Waals surface area contributed by atoms with Gasteiger partial charge in [0.2, 0.25) is 0 Å². The van der Waals surface area contributed by atoms with Crippen molar-refractivity contribution in [2.45, 2.75) is 26.3 Å². The molecular formula is C21H21N3OS2. The molecule has 0 fully saturated rings. The summed E-state index contributed by atoms with van der Waals surface area (Å²) in [6.45, 7) is 4.35. The van der Waals surface area contributed by atoms with Gasteiger partial charge >= 0.3 is 0 Å². The van der Waals surface area contributed by atoms with E-state index in [1.165, 1.54) is 16.0 Å². The van der Waals surface area contributed by atoms with E-state index in [4.69, 9.17) is 5.10 Å². The predicted molar refractivity (Wildman–Crippen MR) is 114 cm³/mol. The Morgan fingerprint density at radius 1 is 1.15 bits per heavy atom. The van der Waals surface area contributed by atoms with E-state index in [1.807, 2.05) is 17.5 Å². The molecule has 1 aliphatic rings. The molecule has 4 rings (SSSR count). The SMILES string of the molecule is Cc1cc(C)cc(NCC(=O)N2N=C(c3cccs3)C[C@@H]2c2cccs2)c1. The molecule has 1 atom stereocenters. The van der Waals surface area contributed by atoms with Crippen LogP contribution in [0.3, 0.4) is 0 Å². The van der Waals surface area contributed by atoms with Crippen LogP contribution in [0.1, 0.15) is 33.3 Å². The highest BCUT2D eigenvalue weighted by Gasteiger charge is 2.33. The number of nitrogens with one attached hydrogen (secondary N) is 1. The third-order valence-corrected chi connectivity index (χ3v) is 6.40. The van der Waals surface area contributed by atoms with Crippen molar-refractivity contribution in [3.63, 3.8) is 0 Å². The van der Waals surface area contributed by atoms with E-state index in [9.17, 15) is 4.79 Å². The summed E-state index contributed by atoms with van der Waals surface area (Å²) in [6, 6.07) is 14.4.